The summed E-state index contributed by atoms with van der Waals surface area (Å²) >= 11 is 0. The highest BCUT2D eigenvalue weighted by molar-refractivity contribution is 14.0. The third kappa shape index (κ3) is 7.93. The first kappa shape index (κ1) is 24.0. The number of aliphatic imine (C=N–C) groups is 1. The molecule has 0 bridgehead atoms. The molecule has 28 heavy (non-hydrogen) atoms. The zero-order chi connectivity index (χ0) is 19.7. The van der Waals surface area contributed by atoms with Gasteiger partial charge in [0.1, 0.15) is 5.75 Å². The Morgan fingerprint density at radius 3 is 2.32 bits per heavy atom. The van der Waals surface area contributed by atoms with E-state index in [-0.39, 0.29) is 24.0 Å². The van der Waals surface area contributed by atoms with E-state index in [0.717, 1.165) is 29.6 Å². The van der Waals surface area contributed by atoms with Gasteiger partial charge in [0.15, 0.2) is 5.96 Å². The molecule has 0 fully saturated rings. The molecule has 2 aromatic carbocycles. The largest absolute Gasteiger partial charge is 0.496 e. The Labute approximate surface area is 184 Å². The number of para-hydroxylation sites is 2. The van der Waals surface area contributed by atoms with Gasteiger partial charge in [0.05, 0.1) is 19.1 Å². The van der Waals surface area contributed by atoms with Crippen molar-refractivity contribution in [2.24, 2.45) is 4.99 Å². The lowest BCUT2D eigenvalue weighted by molar-refractivity contribution is 0.409. The van der Waals surface area contributed by atoms with Crippen LogP contribution in [0.1, 0.15) is 11.1 Å². The Hall–Kier alpha value is -2.01. The van der Waals surface area contributed by atoms with E-state index >= 15 is 0 Å². The Balaban J connectivity index is 0.00000392. The minimum atomic E-state index is -3.33. The summed E-state index contributed by atoms with van der Waals surface area (Å²) in [6, 6.07) is 15.1. The Morgan fingerprint density at radius 1 is 1.04 bits per heavy atom. The van der Waals surface area contributed by atoms with Gasteiger partial charge in [-0.15, -0.1) is 24.0 Å². The van der Waals surface area contributed by atoms with E-state index in [1.807, 2.05) is 36.4 Å². The summed E-state index contributed by atoms with van der Waals surface area (Å²) in [7, 11) is 0.0242. The van der Waals surface area contributed by atoms with Crippen LogP contribution in [0, 0.1) is 0 Å². The molecular formula is C19H27IN4O3S. The third-order valence-electron chi connectivity index (χ3n) is 3.86. The van der Waals surface area contributed by atoms with Gasteiger partial charge in [-0.1, -0.05) is 36.4 Å². The molecule has 0 unspecified atom stereocenters. The van der Waals surface area contributed by atoms with Crippen LogP contribution >= 0.6 is 24.0 Å². The van der Waals surface area contributed by atoms with Crippen molar-refractivity contribution in [1.29, 1.82) is 0 Å². The van der Waals surface area contributed by atoms with Crippen molar-refractivity contribution in [3.05, 3.63) is 59.7 Å². The van der Waals surface area contributed by atoms with Gasteiger partial charge in [-0.2, -0.15) is 0 Å². The van der Waals surface area contributed by atoms with E-state index in [9.17, 15) is 8.42 Å². The minimum absolute atomic E-state index is 0. The number of hydrogen-bond acceptors (Lipinski definition) is 4. The van der Waals surface area contributed by atoms with Gasteiger partial charge in [-0.25, -0.2) is 8.42 Å². The molecule has 0 atom stereocenters. The SMILES string of the molecule is CN=C(NCCc1ccccc1OC)NCc1ccccc1NS(C)(=O)=O.I. The Bertz CT molecular complexity index is 888. The highest BCUT2D eigenvalue weighted by atomic mass is 127. The number of rotatable bonds is 8. The minimum Gasteiger partial charge on any atom is -0.496 e. The zero-order valence-corrected chi connectivity index (χ0v) is 19.4. The number of benzene rings is 2. The monoisotopic (exact) mass is 518 g/mol. The van der Waals surface area contributed by atoms with Crippen LogP contribution in [0.3, 0.4) is 0 Å². The number of ether oxygens (including phenoxy) is 1. The summed E-state index contributed by atoms with van der Waals surface area (Å²) in [5.41, 5.74) is 2.50. The molecule has 154 valence electrons. The number of sulfonamides is 1. The number of nitrogens with one attached hydrogen (secondary N) is 3. The summed E-state index contributed by atoms with van der Waals surface area (Å²) in [5.74, 6) is 1.50. The normalized spacial score (nSPS) is 11.3. The fraction of sp³-hybridized carbons (Fsp3) is 0.316. The van der Waals surface area contributed by atoms with Crippen molar-refractivity contribution in [2.45, 2.75) is 13.0 Å². The van der Waals surface area contributed by atoms with Crippen molar-refractivity contribution in [3.8, 4) is 5.75 Å². The van der Waals surface area contributed by atoms with Crippen molar-refractivity contribution in [1.82, 2.24) is 10.6 Å². The molecular weight excluding hydrogens is 491 g/mol. The predicted molar refractivity (Wildman–Crippen MR) is 125 cm³/mol. The molecule has 0 saturated heterocycles. The Morgan fingerprint density at radius 2 is 1.68 bits per heavy atom. The summed E-state index contributed by atoms with van der Waals surface area (Å²) in [5, 5.41) is 6.45. The van der Waals surface area contributed by atoms with Crippen molar-refractivity contribution < 1.29 is 13.2 Å². The van der Waals surface area contributed by atoms with Gasteiger partial charge in [0, 0.05) is 20.1 Å². The average Bonchev–Trinajstić information content (AvgIpc) is 2.64. The maximum Gasteiger partial charge on any atom is 0.229 e. The molecule has 0 heterocycles. The van der Waals surface area contributed by atoms with E-state index in [2.05, 4.69) is 20.3 Å². The van der Waals surface area contributed by atoms with Gasteiger partial charge in [-0.05, 0) is 29.7 Å². The molecule has 9 heteroatoms. The fourth-order valence-corrected chi connectivity index (χ4v) is 3.20. The molecule has 0 aliphatic carbocycles. The van der Waals surface area contributed by atoms with Gasteiger partial charge in [0.2, 0.25) is 10.0 Å². The average molecular weight is 518 g/mol. The van der Waals surface area contributed by atoms with E-state index < -0.39 is 10.0 Å². The highest BCUT2D eigenvalue weighted by Gasteiger charge is 2.08. The maximum atomic E-state index is 11.5. The van der Waals surface area contributed by atoms with E-state index in [0.29, 0.717) is 24.7 Å². The van der Waals surface area contributed by atoms with Crippen LogP contribution in [0.25, 0.3) is 0 Å². The lowest BCUT2D eigenvalue weighted by atomic mass is 10.1. The quantitative estimate of drug-likeness (QED) is 0.284. The van der Waals surface area contributed by atoms with Crippen molar-refractivity contribution in [2.75, 3.05) is 31.7 Å². The highest BCUT2D eigenvalue weighted by Crippen LogP contribution is 2.17. The molecule has 0 aromatic heterocycles. The van der Waals surface area contributed by atoms with E-state index in [1.165, 1.54) is 0 Å². The van der Waals surface area contributed by atoms with E-state index in [4.69, 9.17) is 4.74 Å². The molecule has 3 N–H and O–H groups in total. The van der Waals surface area contributed by atoms with Crippen LogP contribution < -0.4 is 20.1 Å². The number of methoxy groups -OCH3 is 1. The predicted octanol–water partition coefficient (Wildman–Crippen LogP) is 2.59. The molecule has 0 aliphatic rings. The van der Waals surface area contributed by atoms with Crippen LogP contribution in [0.2, 0.25) is 0 Å². The van der Waals surface area contributed by atoms with Gasteiger partial charge >= 0.3 is 0 Å². The summed E-state index contributed by atoms with van der Waals surface area (Å²) in [6.45, 7) is 1.12. The molecule has 7 nitrogen and oxygen atoms in total. The first-order valence-corrected chi connectivity index (χ1v) is 10.4. The number of nitrogens with zero attached hydrogens (tertiary/aromatic N) is 1. The smallest absolute Gasteiger partial charge is 0.229 e. The summed E-state index contributed by atoms with van der Waals surface area (Å²) < 4.78 is 30.9. The third-order valence-corrected chi connectivity index (χ3v) is 4.45. The van der Waals surface area contributed by atoms with Crippen LogP contribution in [0.15, 0.2) is 53.5 Å². The first-order chi connectivity index (χ1) is 12.9. The molecule has 0 spiro atoms. The topological polar surface area (TPSA) is 91.8 Å². The second-order valence-corrected chi connectivity index (χ2v) is 7.69. The van der Waals surface area contributed by atoms with Gasteiger partial charge in [0.25, 0.3) is 0 Å². The second-order valence-electron chi connectivity index (χ2n) is 5.95. The van der Waals surface area contributed by atoms with Crippen LogP contribution in [-0.4, -0.2) is 41.3 Å². The lowest BCUT2D eigenvalue weighted by Gasteiger charge is -2.15. The number of anilines is 1. The zero-order valence-electron chi connectivity index (χ0n) is 16.2. The van der Waals surface area contributed by atoms with E-state index in [1.54, 1.807) is 26.3 Å². The van der Waals surface area contributed by atoms with Crippen LogP contribution in [-0.2, 0) is 23.0 Å². The van der Waals surface area contributed by atoms with Crippen molar-refractivity contribution in [3.63, 3.8) is 0 Å². The molecule has 2 rings (SSSR count). The van der Waals surface area contributed by atoms with Gasteiger partial charge in [-0.3, -0.25) is 9.71 Å². The van der Waals surface area contributed by atoms with Crippen molar-refractivity contribution >= 4 is 45.6 Å². The Kier molecular flexibility index (Phi) is 10.1. The fourth-order valence-electron chi connectivity index (χ4n) is 2.60. The maximum absolute atomic E-state index is 11.5. The second kappa shape index (κ2) is 11.7. The lowest BCUT2D eigenvalue weighted by Crippen LogP contribution is -2.38. The molecule has 0 saturated carbocycles. The molecule has 0 aliphatic heterocycles. The molecule has 2 aromatic rings. The van der Waals surface area contributed by atoms with Crippen LogP contribution in [0.5, 0.6) is 5.75 Å². The van der Waals surface area contributed by atoms with Gasteiger partial charge < -0.3 is 15.4 Å². The molecule has 0 amide bonds. The van der Waals surface area contributed by atoms with Crippen LogP contribution in [0.4, 0.5) is 5.69 Å². The number of guanidine groups is 1. The number of halogens is 1. The number of hydrogen-bond donors (Lipinski definition) is 3. The standard InChI is InChI=1S/C19H26N4O3S.HI/c1-20-19(21-13-12-15-8-5-7-11-18(15)26-2)22-14-16-9-4-6-10-17(16)23-27(3,24)25;/h4-11,23H,12-14H2,1-3H3,(H2,20,21,22);1H. The summed E-state index contributed by atoms with van der Waals surface area (Å²) in [4.78, 5) is 4.21. The summed E-state index contributed by atoms with van der Waals surface area (Å²) in [6.07, 6.45) is 1.92. The molecule has 0 radical (unpaired) electrons. The first-order valence-electron chi connectivity index (χ1n) is 8.55.